The molecule has 2 heterocycles. The molecule has 1 unspecified atom stereocenters. The van der Waals surface area contributed by atoms with Crippen molar-refractivity contribution in [3.63, 3.8) is 0 Å². The number of carbonyl (C=O) groups excluding carboxylic acids is 1. The highest BCUT2D eigenvalue weighted by atomic mass is 79.9. The Labute approximate surface area is 172 Å². The number of halogens is 1. The molecule has 0 aliphatic carbocycles. The van der Waals surface area contributed by atoms with E-state index in [4.69, 9.17) is 0 Å². The Morgan fingerprint density at radius 2 is 1.64 bits per heavy atom. The van der Waals surface area contributed by atoms with Crippen LogP contribution in [0.1, 0.15) is 22.9 Å². The van der Waals surface area contributed by atoms with Gasteiger partial charge in [-0.1, -0.05) is 48.5 Å². The number of hydrogen-bond acceptors (Lipinski definition) is 2. The molecule has 5 heteroatoms. The highest BCUT2D eigenvalue weighted by molar-refractivity contribution is 9.10. The lowest BCUT2D eigenvalue weighted by Gasteiger charge is -2.20. The zero-order valence-corrected chi connectivity index (χ0v) is 17.1. The quantitative estimate of drug-likeness (QED) is 0.480. The fraction of sp³-hybridized carbons (Fsp3) is 0.130. The van der Waals surface area contributed by atoms with Gasteiger partial charge in [0.2, 0.25) is 5.91 Å². The van der Waals surface area contributed by atoms with E-state index in [1.54, 1.807) is 12.4 Å². The van der Waals surface area contributed by atoms with Gasteiger partial charge in [0, 0.05) is 33.5 Å². The van der Waals surface area contributed by atoms with E-state index in [1.807, 2.05) is 72.2 Å². The van der Waals surface area contributed by atoms with Gasteiger partial charge in [0.25, 0.3) is 0 Å². The maximum Gasteiger partial charge on any atom is 0.240 e. The van der Waals surface area contributed by atoms with Gasteiger partial charge >= 0.3 is 0 Å². The van der Waals surface area contributed by atoms with Gasteiger partial charge in [-0.25, -0.2) is 0 Å². The number of carbonyl (C=O) groups is 1. The second-order valence-electron chi connectivity index (χ2n) is 6.69. The summed E-state index contributed by atoms with van der Waals surface area (Å²) < 4.78 is 3.08. The van der Waals surface area contributed by atoms with Crippen molar-refractivity contribution in [3.8, 4) is 0 Å². The van der Waals surface area contributed by atoms with Crippen molar-refractivity contribution >= 4 is 32.7 Å². The number of rotatable bonds is 5. The number of aromatic nitrogens is 2. The summed E-state index contributed by atoms with van der Waals surface area (Å²) in [7, 11) is 0. The summed E-state index contributed by atoms with van der Waals surface area (Å²) in [6.07, 6.45) is 3.50. The number of nitrogens with one attached hydrogen (secondary N) is 1. The average Bonchev–Trinajstić information content (AvgIpc) is 2.98. The molecule has 0 aliphatic rings. The van der Waals surface area contributed by atoms with Crippen LogP contribution in [0.5, 0.6) is 0 Å². The average molecular weight is 434 g/mol. The molecule has 4 aromatic rings. The molecule has 0 radical (unpaired) electrons. The zero-order chi connectivity index (χ0) is 19.5. The first-order valence-corrected chi connectivity index (χ1v) is 9.92. The van der Waals surface area contributed by atoms with E-state index in [0.717, 1.165) is 32.2 Å². The molecule has 1 atom stereocenters. The Morgan fingerprint density at radius 1 is 1.00 bits per heavy atom. The highest BCUT2D eigenvalue weighted by Gasteiger charge is 2.19. The maximum atomic E-state index is 13.0. The molecular formula is C23H20BrN3O. The summed E-state index contributed by atoms with van der Waals surface area (Å²) in [4.78, 5) is 17.1. The van der Waals surface area contributed by atoms with Crippen LogP contribution in [0.25, 0.3) is 10.9 Å². The molecule has 4 rings (SSSR count). The van der Waals surface area contributed by atoms with Crippen molar-refractivity contribution in [1.29, 1.82) is 0 Å². The number of fused-ring (bicyclic) bond motifs is 1. The Hall–Kier alpha value is -2.92. The molecule has 2 aromatic heterocycles. The number of para-hydroxylation sites is 1. The van der Waals surface area contributed by atoms with E-state index >= 15 is 0 Å². The van der Waals surface area contributed by atoms with E-state index < -0.39 is 0 Å². The smallest absolute Gasteiger partial charge is 0.240 e. The van der Waals surface area contributed by atoms with E-state index in [2.05, 4.69) is 32.3 Å². The van der Waals surface area contributed by atoms with Crippen LogP contribution in [0, 0.1) is 6.92 Å². The summed E-state index contributed by atoms with van der Waals surface area (Å²) in [5.41, 5.74) is 4.13. The number of hydrogen-bond donors (Lipinski definition) is 1. The number of benzene rings is 2. The summed E-state index contributed by atoms with van der Waals surface area (Å²) >= 11 is 3.66. The van der Waals surface area contributed by atoms with Crippen LogP contribution in [-0.4, -0.2) is 15.5 Å². The van der Waals surface area contributed by atoms with E-state index in [0.29, 0.717) is 0 Å². The number of amides is 1. The lowest BCUT2D eigenvalue weighted by molar-refractivity contribution is -0.122. The van der Waals surface area contributed by atoms with E-state index in [1.165, 1.54) is 0 Å². The van der Waals surface area contributed by atoms with Crippen LogP contribution in [0.4, 0.5) is 0 Å². The molecule has 4 nitrogen and oxygen atoms in total. The van der Waals surface area contributed by atoms with Crippen LogP contribution in [-0.2, 0) is 11.3 Å². The van der Waals surface area contributed by atoms with Gasteiger partial charge in [-0.2, -0.15) is 0 Å². The minimum Gasteiger partial charge on any atom is -0.344 e. The predicted molar refractivity (Wildman–Crippen MR) is 115 cm³/mol. The molecule has 28 heavy (non-hydrogen) atoms. The van der Waals surface area contributed by atoms with Crippen molar-refractivity contribution < 1.29 is 4.79 Å². The van der Waals surface area contributed by atoms with Gasteiger partial charge in [0.15, 0.2) is 0 Å². The molecule has 140 valence electrons. The van der Waals surface area contributed by atoms with Crippen LogP contribution in [0.2, 0.25) is 0 Å². The molecule has 1 N–H and O–H groups in total. The monoisotopic (exact) mass is 433 g/mol. The lowest BCUT2D eigenvalue weighted by atomic mass is 9.99. The lowest BCUT2D eigenvalue weighted by Crippen LogP contribution is -2.32. The highest BCUT2D eigenvalue weighted by Crippen LogP contribution is 2.30. The maximum absolute atomic E-state index is 13.0. The van der Waals surface area contributed by atoms with Crippen molar-refractivity contribution in [2.75, 3.05) is 0 Å². The Kier molecular flexibility index (Phi) is 5.26. The molecular weight excluding hydrogens is 414 g/mol. The summed E-state index contributed by atoms with van der Waals surface area (Å²) in [6, 6.07) is 21.7. The van der Waals surface area contributed by atoms with Crippen molar-refractivity contribution in [1.82, 2.24) is 14.9 Å². The van der Waals surface area contributed by atoms with Gasteiger partial charge in [0.05, 0.1) is 6.04 Å². The van der Waals surface area contributed by atoms with Crippen molar-refractivity contribution in [2.45, 2.75) is 19.5 Å². The van der Waals surface area contributed by atoms with Crippen molar-refractivity contribution in [3.05, 3.63) is 100 Å². The van der Waals surface area contributed by atoms with E-state index in [9.17, 15) is 4.79 Å². The SMILES string of the molecule is Cc1c(Br)c2ccccc2n1CC(=O)NC(c1ccccc1)c1ccncc1. The van der Waals surface area contributed by atoms with Crippen LogP contribution < -0.4 is 5.32 Å². The third kappa shape index (κ3) is 3.58. The number of pyridine rings is 1. The largest absolute Gasteiger partial charge is 0.344 e. The number of nitrogens with zero attached hydrogens (tertiary/aromatic N) is 2. The Morgan fingerprint density at radius 3 is 2.39 bits per heavy atom. The molecule has 0 aliphatic heterocycles. The predicted octanol–water partition coefficient (Wildman–Crippen LogP) is 5.01. The van der Waals surface area contributed by atoms with Gasteiger partial charge < -0.3 is 9.88 Å². The van der Waals surface area contributed by atoms with Crippen LogP contribution >= 0.6 is 15.9 Å². The summed E-state index contributed by atoms with van der Waals surface area (Å²) in [6.45, 7) is 2.28. The molecule has 1 amide bonds. The third-order valence-electron chi connectivity index (χ3n) is 4.93. The molecule has 2 aromatic carbocycles. The first kappa shape index (κ1) is 18.4. The minimum absolute atomic E-state index is 0.0398. The fourth-order valence-corrected chi connectivity index (χ4v) is 4.05. The van der Waals surface area contributed by atoms with E-state index in [-0.39, 0.29) is 18.5 Å². The second kappa shape index (κ2) is 7.98. The molecule has 0 saturated heterocycles. The Bertz CT molecular complexity index is 1070. The summed E-state index contributed by atoms with van der Waals surface area (Å²) in [5.74, 6) is -0.0398. The van der Waals surface area contributed by atoms with Crippen molar-refractivity contribution in [2.24, 2.45) is 0 Å². The first-order chi connectivity index (χ1) is 13.6. The van der Waals surface area contributed by atoms with Crippen LogP contribution in [0.3, 0.4) is 0 Å². The topological polar surface area (TPSA) is 46.9 Å². The standard InChI is InChI=1S/C23H20BrN3O/c1-16-22(24)19-9-5-6-10-20(19)27(16)15-21(28)26-23(17-7-3-2-4-8-17)18-11-13-25-14-12-18/h2-14,23H,15H2,1H3,(H,26,28). The zero-order valence-electron chi connectivity index (χ0n) is 15.5. The molecule has 0 bridgehead atoms. The minimum atomic E-state index is -0.220. The molecule has 0 spiro atoms. The fourth-order valence-electron chi connectivity index (χ4n) is 3.50. The third-order valence-corrected chi connectivity index (χ3v) is 5.93. The normalized spacial score (nSPS) is 12.1. The molecule has 0 fully saturated rings. The molecule has 0 saturated carbocycles. The van der Waals surface area contributed by atoms with Gasteiger partial charge in [0.1, 0.15) is 6.54 Å². The van der Waals surface area contributed by atoms with Gasteiger partial charge in [-0.3, -0.25) is 9.78 Å². The van der Waals surface area contributed by atoms with Gasteiger partial charge in [-0.15, -0.1) is 0 Å². The van der Waals surface area contributed by atoms with Crippen LogP contribution in [0.15, 0.2) is 83.6 Å². The Balaban J connectivity index is 1.64. The second-order valence-corrected chi connectivity index (χ2v) is 7.49. The summed E-state index contributed by atoms with van der Waals surface area (Å²) in [5, 5.41) is 4.31. The first-order valence-electron chi connectivity index (χ1n) is 9.12. The van der Waals surface area contributed by atoms with Gasteiger partial charge in [-0.05, 0) is 52.2 Å².